The number of fused-ring (bicyclic) bond motifs is 4. The summed E-state index contributed by atoms with van der Waals surface area (Å²) >= 11 is 0. The second kappa shape index (κ2) is 13.4. The van der Waals surface area contributed by atoms with Crippen LogP contribution in [0.5, 0.6) is 46.0 Å². The highest BCUT2D eigenvalue weighted by Crippen LogP contribution is 2.56. The van der Waals surface area contributed by atoms with Crippen molar-refractivity contribution in [2.75, 3.05) is 14.2 Å². The highest BCUT2D eigenvalue weighted by molar-refractivity contribution is 6.13. The van der Waals surface area contributed by atoms with E-state index in [1.807, 2.05) is 52.0 Å². The van der Waals surface area contributed by atoms with Crippen LogP contribution in [0.1, 0.15) is 73.2 Å². The average molecular weight is 757 g/mol. The Balaban J connectivity index is 1.55. The fourth-order valence-corrected chi connectivity index (χ4v) is 9.60. The first-order valence-corrected chi connectivity index (χ1v) is 19.0. The van der Waals surface area contributed by atoms with Crippen LogP contribution in [0.15, 0.2) is 48.5 Å². The molecule has 0 aliphatic carbocycles. The number of benzene rings is 6. The predicted octanol–water partition coefficient (Wildman–Crippen LogP) is 9.05. The van der Waals surface area contributed by atoms with Crippen molar-refractivity contribution >= 4 is 21.5 Å². The van der Waals surface area contributed by atoms with E-state index in [-0.39, 0.29) is 69.8 Å². The highest BCUT2D eigenvalue weighted by Gasteiger charge is 2.33. The number of ether oxygens (including phenoxy) is 2. The van der Waals surface area contributed by atoms with E-state index in [1.165, 1.54) is 26.4 Å². The van der Waals surface area contributed by atoms with E-state index in [1.54, 1.807) is 12.1 Å². The minimum atomic E-state index is -0.209. The minimum Gasteiger partial charge on any atom is -0.507 e. The van der Waals surface area contributed by atoms with E-state index in [0.717, 1.165) is 22.3 Å². The molecule has 2 aliphatic rings. The van der Waals surface area contributed by atoms with Crippen molar-refractivity contribution in [2.45, 2.75) is 78.6 Å². The van der Waals surface area contributed by atoms with Gasteiger partial charge < -0.3 is 50.7 Å². The van der Waals surface area contributed by atoms with Crippen molar-refractivity contribution in [3.63, 3.8) is 0 Å². The number of aryl methyl sites for hydroxylation is 2. The molecule has 6 aromatic rings. The minimum absolute atomic E-state index is 0.0136. The molecule has 56 heavy (non-hydrogen) atoms. The summed E-state index contributed by atoms with van der Waals surface area (Å²) < 4.78 is 11.8. The summed E-state index contributed by atoms with van der Waals surface area (Å²) in [6.07, 6.45) is 1.02. The zero-order chi connectivity index (χ0) is 40.1. The fraction of sp³-hybridized carbons (Fsp3) is 0.304. The number of nitrogens with one attached hydrogen (secondary N) is 2. The molecule has 6 aromatic carbocycles. The molecule has 0 spiro atoms. The third-order valence-corrected chi connectivity index (χ3v) is 11.7. The van der Waals surface area contributed by atoms with Gasteiger partial charge in [-0.15, -0.1) is 0 Å². The molecule has 0 amide bonds. The molecule has 0 radical (unpaired) electrons. The Morgan fingerprint density at radius 3 is 1.23 bits per heavy atom. The second-order valence-corrected chi connectivity index (χ2v) is 15.8. The lowest BCUT2D eigenvalue weighted by molar-refractivity contribution is 0.401. The molecule has 290 valence electrons. The van der Waals surface area contributed by atoms with Crippen LogP contribution in [0.25, 0.3) is 54.9 Å². The molecule has 8 rings (SSSR count). The van der Waals surface area contributed by atoms with E-state index < -0.39 is 0 Å². The molecule has 0 unspecified atom stereocenters. The molecule has 0 aromatic heterocycles. The number of rotatable bonds is 5. The largest absolute Gasteiger partial charge is 0.507 e. The first kappa shape index (κ1) is 37.1. The van der Waals surface area contributed by atoms with Gasteiger partial charge in [0.2, 0.25) is 0 Å². The lowest BCUT2D eigenvalue weighted by Crippen LogP contribution is -2.36. The average Bonchev–Trinajstić information content (AvgIpc) is 3.11. The Bertz CT molecular complexity index is 2450. The first-order valence-electron chi connectivity index (χ1n) is 19.0. The second-order valence-electron chi connectivity index (χ2n) is 15.8. The SMILES string of the molecule is COc1cc(C)cc2c(-c3c(O)cc(O)c4c3C[C@@H](C)N[C@H]4C)cc(-c3cc(-c4c(O)cc(O)c5c4C[C@H](C)N[C@@H]5C)c4cc(C)cc(OC)c4c3O)c(O)c12. The van der Waals surface area contributed by atoms with Crippen LogP contribution in [-0.2, 0) is 12.8 Å². The van der Waals surface area contributed by atoms with Gasteiger partial charge in [-0.1, -0.05) is 12.1 Å². The number of methoxy groups -OCH3 is 2. The maximum Gasteiger partial charge on any atom is 0.135 e. The van der Waals surface area contributed by atoms with Crippen molar-refractivity contribution in [1.82, 2.24) is 10.6 Å². The third kappa shape index (κ3) is 5.61. The van der Waals surface area contributed by atoms with Gasteiger partial charge in [-0.3, -0.25) is 0 Å². The highest BCUT2D eigenvalue weighted by atomic mass is 16.5. The van der Waals surface area contributed by atoms with Gasteiger partial charge in [0.05, 0.1) is 25.0 Å². The van der Waals surface area contributed by atoms with E-state index in [9.17, 15) is 30.6 Å². The standard InChI is InChI=1S/C46H48N2O8/c1-19-9-25-27(41-31-13-21(3)47-23(5)39(31)33(49)17-35(41)51)15-29(45(53)43(25)37(11-19)55-7)30-16-28(26-10-20(2)12-38(56-8)44(26)46(30)54)42-32-14-22(4)48-24(6)40(32)34(50)18-36(42)52/h9-12,15-18,21-24,47-54H,13-14H2,1-8H3/t21-,22+,23+,24-. The maximum absolute atomic E-state index is 12.5. The molecule has 8 N–H and O–H groups in total. The fourth-order valence-electron chi connectivity index (χ4n) is 9.60. The van der Waals surface area contributed by atoms with Gasteiger partial charge in [0, 0.05) is 69.7 Å². The molecule has 10 nitrogen and oxygen atoms in total. The Hall–Kier alpha value is -5.84. The van der Waals surface area contributed by atoms with Crippen molar-refractivity contribution in [3.8, 4) is 79.4 Å². The quantitative estimate of drug-likeness (QED) is 0.0852. The lowest BCUT2D eigenvalue weighted by Gasteiger charge is -2.32. The Morgan fingerprint density at radius 1 is 0.500 bits per heavy atom. The zero-order valence-electron chi connectivity index (χ0n) is 32.8. The van der Waals surface area contributed by atoms with Crippen LogP contribution < -0.4 is 20.1 Å². The van der Waals surface area contributed by atoms with Crippen molar-refractivity contribution in [1.29, 1.82) is 0 Å². The lowest BCUT2D eigenvalue weighted by atomic mass is 9.80. The molecular formula is C46H48N2O8. The summed E-state index contributed by atoms with van der Waals surface area (Å²) in [4.78, 5) is 0. The summed E-state index contributed by atoms with van der Waals surface area (Å²) in [5.41, 5.74) is 7.27. The molecule has 0 bridgehead atoms. The number of phenolic OH excluding ortho intramolecular Hbond substituents is 6. The molecule has 0 saturated heterocycles. The summed E-state index contributed by atoms with van der Waals surface area (Å²) in [5, 5.41) is 79.7. The number of phenols is 6. The van der Waals surface area contributed by atoms with E-state index in [4.69, 9.17) is 9.47 Å². The van der Waals surface area contributed by atoms with Crippen molar-refractivity contribution in [2.24, 2.45) is 0 Å². The zero-order valence-corrected chi connectivity index (χ0v) is 32.8. The molecular weight excluding hydrogens is 709 g/mol. The molecule has 0 fully saturated rings. The molecule has 2 heterocycles. The van der Waals surface area contributed by atoms with Gasteiger partial charge in [-0.25, -0.2) is 0 Å². The first-order chi connectivity index (χ1) is 26.6. The summed E-state index contributed by atoms with van der Waals surface area (Å²) in [6, 6.07) is 13.4. The third-order valence-electron chi connectivity index (χ3n) is 11.7. The normalized spacial score (nSPS) is 19.2. The van der Waals surface area contributed by atoms with Crippen molar-refractivity contribution < 1.29 is 40.1 Å². The Morgan fingerprint density at radius 2 is 0.875 bits per heavy atom. The number of hydrogen-bond donors (Lipinski definition) is 8. The number of hydrogen-bond acceptors (Lipinski definition) is 10. The van der Waals surface area contributed by atoms with Crippen LogP contribution in [0.4, 0.5) is 0 Å². The Kier molecular flexibility index (Phi) is 8.89. The van der Waals surface area contributed by atoms with E-state index >= 15 is 0 Å². The smallest absolute Gasteiger partial charge is 0.135 e. The van der Waals surface area contributed by atoms with Gasteiger partial charge in [-0.05, 0) is 123 Å². The van der Waals surface area contributed by atoms with Gasteiger partial charge in [0.1, 0.15) is 46.0 Å². The predicted molar refractivity (Wildman–Crippen MR) is 220 cm³/mol. The van der Waals surface area contributed by atoms with Crippen LogP contribution in [0.3, 0.4) is 0 Å². The van der Waals surface area contributed by atoms with Crippen LogP contribution in [0.2, 0.25) is 0 Å². The molecule has 4 atom stereocenters. The molecule has 10 heteroatoms. The summed E-state index contributed by atoms with van der Waals surface area (Å²) in [5.74, 6) is 0.187. The topological polar surface area (TPSA) is 164 Å². The van der Waals surface area contributed by atoms with Gasteiger partial charge in [-0.2, -0.15) is 0 Å². The monoisotopic (exact) mass is 756 g/mol. The van der Waals surface area contributed by atoms with Crippen LogP contribution in [-0.4, -0.2) is 56.9 Å². The maximum atomic E-state index is 12.5. The van der Waals surface area contributed by atoms with E-state index in [2.05, 4.69) is 24.5 Å². The molecule has 0 saturated carbocycles. The number of aromatic hydroxyl groups is 6. The molecule has 2 aliphatic heterocycles. The van der Waals surface area contributed by atoms with Crippen molar-refractivity contribution in [3.05, 3.63) is 81.9 Å². The Labute approximate surface area is 325 Å². The van der Waals surface area contributed by atoms with Gasteiger partial charge in [0.25, 0.3) is 0 Å². The van der Waals surface area contributed by atoms with Gasteiger partial charge >= 0.3 is 0 Å². The van der Waals surface area contributed by atoms with E-state index in [0.29, 0.717) is 79.3 Å². The van der Waals surface area contributed by atoms with Crippen LogP contribution in [0, 0.1) is 13.8 Å². The van der Waals surface area contributed by atoms with Crippen LogP contribution >= 0.6 is 0 Å². The summed E-state index contributed by atoms with van der Waals surface area (Å²) in [7, 11) is 3.06. The van der Waals surface area contributed by atoms with Gasteiger partial charge in [0.15, 0.2) is 0 Å². The summed E-state index contributed by atoms with van der Waals surface area (Å²) in [6.45, 7) is 11.9.